The van der Waals surface area contributed by atoms with Gasteiger partial charge in [-0.1, -0.05) is 38.7 Å². The molecule has 4 rings (SSSR count). The number of rotatable bonds is 7. The summed E-state index contributed by atoms with van der Waals surface area (Å²) >= 11 is 0. The van der Waals surface area contributed by atoms with Gasteiger partial charge >= 0.3 is 5.97 Å². The van der Waals surface area contributed by atoms with Crippen LogP contribution in [-0.4, -0.2) is 11.1 Å². The highest BCUT2D eigenvalue weighted by molar-refractivity contribution is 5.77. The van der Waals surface area contributed by atoms with Gasteiger partial charge in [-0.05, 0) is 61.6 Å². The summed E-state index contributed by atoms with van der Waals surface area (Å²) in [5.41, 5.74) is 0.0884. The number of fused-ring (bicyclic) bond motifs is 3. The fraction of sp³-hybridized carbons (Fsp3) is 0.636. The Morgan fingerprint density at radius 3 is 2.58 bits per heavy atom. The van der Waals surface area contributed by atoms with Crippen molar-refractivity contribution in [2.45, 2.75) is 77.0 Å². The third-order valence-electron chi connectivity index (χ3n) is 7.00. The molecule has 26 heavy (non-hydrogen) atoms. The Bertz CT molecular complexity index is 713. The molecular weight excluding hydrogens is 329 g/mol. The van der Waals surface area contributed by atoms with Crippen LogP contribution in [0.25, 0.3) is 0 Å². The van der Waals surface area contributed by atoms with Crippen molar-refractivity contribution in [3.8, 4) is 6.07 Å². The predicted molar refractivity (Wildman–Crippen MR) is 98.2 cm³/mol. The zero-order chi connectivity index (χ0) is 18.8. The van der Waals surface area contributed by atoms with E-state index in [2.05, 4.69) is 6.92 Å². The number of halogens is 1. The zero-order valence-corrected chi connectivity index (χ0v) is 15.6. The summed E-state index contributed by atoms with van der Waals surface area (Å²) < 4.78 is 14.7. The van der Waals surface area contributed by atoms with E-state index < -0.39 is 17.2 Å². The van der Waals surface area contributed by atoms with Gasteiger partial charge in [-0.2, -0.15) is 5.26 Å². The van der Waals surface area contributed by atoms with Gasteiger partial charge in [0.15, 0.2) is 0 Å². The molecule has 3 nitrogen and oxygen atoms in total. The van der Waals surface area contributed by atoms with Crippen LogP contribution in [0.3, 0.4) is 0 Å². The molecule has 1 atom stereocenters. The lowest BCUT2D eigenvalue weighted by Crippen LogP contribution is -2.51. The van der Waals surface area contributed by atoms with Gasteiger partial charge in [0, 0.05) is 5.92 Å². The van der Waals surface area contributed by atoms with Gasteiger partial charge in [-0.15, -0.1) is 0 Å². The van der Waals surface area contributed by atoms with Crippen molar-refractivity contribution in [3.05, 3.63) is 35.1 Å². The van der Waals surface area contributed by atoms with Crippen LogP contribution in [0.1, 0.15) is 88.2 Å². The number of nitrogens with zero attached hydrogens (tertiary/aromatic N) is 1. The number of carbonyl (C=O) groups is 1. The average molecular weight is 357 g/mol. The fourth-order valence-corrected chi connectivity index (χ4v) is 5.34. The molecule has 0 aliphatic heterocycles. The van der Waals surface area contributed by atoms with Crippen LogP contribution in [0.5, 0.6) is 0 Å². The molecule has 2 bridgehead atoms. The van der Waals surface area contributed by atoms with E-state index >= 15 is 0 Å². The summed E-state index contributed by atoms with van der Waals surface area (Å²) in [5.74, 6) is -1.50. The van der Waals surface area contributed by atoms with Gasteiger partial charge in [-0.3, -0.25) is 4.79 Å². The second kappa shape index (κ2) is 7.39. The van der Waals surface area contributed by atoms with Crippen molar-refractivity contribution in [1.29, 1.82) is 5.26 Å². The number of carboxylic acids is 1. The predicted octanol–water partition coefficient (Wildman–Crippen LogP) is 5.79. The first-order valence-electron chi connectivity index (χ1n) is 9.89. The van der Waals surface area contributed by atoms with Gasteiger partial charge in [0.2, 0.25) is 0 Å². The van der Waals surface area contributed by atoms with E-state index in [0.29, 0.717) is 18.4 Å². The highest BCUT2D eigenvalue weighted by Crippen LogP contribution is 2.64. The first-order valence-corrected chi connectivity index (χ1v) is 9.89. The summed E-state index contributed by atoms with van der Waals surface area (Å²) in [5, 5.41) is 19.0. The fourth-order valence-electron chi connectivity index (χ4n) is 5.34. The molecular formula is C22H28FNO2. The highest BCUT2D eigenvalue weighted by Gasteiger charge is 2.58. The molecule has 3 aliphatic rings. The molecule has 3 saturated carbocycles. The first-order chi connectivity index (χ1) is 12.5. The summed E-state index contributed by atoms with van der Waals surface area (Å²) in [6.45, 7) is 2.20. The van der Waals surface area contributed by atoms with Crippen molar-refractivity contribution in [2.24, 2.45) is 10.8 Å². The van der Waals surface area contributed by atoms with E-state index in [-0.39, 0.29) is 16.9 Å². The number of aliphatic carboxylic acids is 1. The van der Waals surface area contributed by atoms with Gasteiger partial charge in [-0.25, -0.2) is 4.39 Å². The minimum absolute atomic E-state index is 0.163. The third-order valence-corrected chi connectivity index (χ3v) is 7.00. The maximum absolute atomic E-state index is 14.7. The minimum Gasteiger partial charge on any atom is -0.481 e. The van der Waals surface area contributed by atoms with E-state index in [1.807, 2.05) is 6.07 Å². The summed E-state index contributed by atoms with van der Waals surface area (Å²) in [6.07, 6.45) is 9.89. The van der Waals surface area contributed by atoms with Crippen LogP contribution >= 0.6 is 0 Å². The number of nitriles is 1. The monoisotopic (exact) mass is 357 g/mol. The summed E-state index contributed by atoms with van der Waals surface area (Å²) in [4.78, 5) is 12.2. The number of hydrogen-bond acceptors (Lipinski definition) is 2. The molecule has 1 N–H and O–H groups in total. The Morgan fingerprint density at radius 1 is 1.27 bits per heavy atom. The molecule has 0 saturated heterocycles. The van der Waals surface area contributed by atoms with Crippen LogP contribution in [0.4, 0.5) is 4.39 Å². The molecule has 1 unspecified atom stereocenters. The summed E-state index contributed by atoms with van der Waals surface area (Å²) in [6, 6.07) is 6.47. The molecule has 0 aromatic heterocycles. The van der Waals surface area contributed by atoms with Crippen LogP contribution in [0.15, 0.2) is 18.2 Å². The molecule has 0 spiro atoms. The molecule has 3 fully saturated rings. The van der Waals surface area contributed by atoms with Crippen molar-refractivity contribution in [2.75, 3.05) is 0 Å². The molecule has 0 radical (unpaired) electrons. The largest absolute Gasteiger partial charge is 0.481 e. The topological polar surface area (TPSA) is 61.1 Å². The van der Waals surface area contributed by atoms with Gasteiger partial charge in [0.25, 0.3) is 0 Å². The smallest absolute Gasteiger partial charge is 0.310 e. The Morgan fingerprint density at radius 2 is 2.00 bits per heavy atom. The van der Waals surface area contributed by atoms with Crippen LogP contribution in [0.2, 0.25) is 0 Å². The molecule has 4 heteroatoms. The van der Waals surface area contributed by atoms with Crippen LogP contribution in [-0.2, 0) is 4.79 Å². The normalized spacial score (nSPS) is 30.1. The average Bonchev–Trinajstić information content (AvgIpc) is 2.66. The maximum atomic E-state index is 14.7. The lowest BCUT2D eigenvalue weighted by Gasteiger charge is -2.56. The van der Waals surface area contributed by atoms with E-state index in [4.69, 9.17) is 5.26 Å². The highest BCUT2D eigenvalue weighted by atomic mass is 19.1. The van der Waals surface area contributed by atoms with Crippen molar-refractivity contribution >= 4 is 5.97 Å². The molecule has 140 valence electrons. The molecule has 0 heterocycles. The molecule has 1 aromatic rings. The van der Waals surface area contributed by atoms with Crippen molar-refractivity contribution in [3.63, 3.8) is 0 Å². The van der Waals surface area contributed by atoms with Crippen LogP contribution < -0.4 is 0 Å². The molecule has 0 amide bonds. The minimum atomic E-state index is -0.847. The van der Waals surface area contributed by atoms with Gasteiger partial charge in [0.1, 0.15) is 5.82 Å². The second-order valence-corrected chi connectivity index (χ2v) is 8.38. The number of unbranched alkanes of at least 4 members (excludes halogenated alkanes) is 3. The van der Waals surface area contributed by atoms with E-state index in [1.54, 1.807) is 12.1 Å². The second-order valence-electron chi connectivity index (χ2n) is 8.38. The van der Waals surface area contributed by atoms with E-state index in [1.165, 1.54) is 31.7 Å². The maximum Gasteiger partial charge on any atom is 0.310 e. The lowest BCUT2D eigenvalue weighted by molar-refractivity contribution is -0.162. The Kier molecular flexibility index (Phi) is 5.37. The lowest BCUT2D eigenvalue weighted by atomic mass is 9.47. The number of benzene rings is 1. The Balaban J connectivity index is 1.89. The number of hydrogen-bond donors (Lipinski definition) is 1. The van der Waals surface area contributed by atoms with E-state index in [9.17, 15) is 14.3 Å². The molecule has 3 aliphatic carbocycles. The van der Waals surface area contributed by atoms with Crippen LogP contribution in [0, 0.1) is 28.0 Å². The third kappa shape index (κ3) is 3.24. The Hall–Kier alpha value is -1.89. The quantitative estimate of drug-likeness (QED) is 0.629. The SMILES string of the molecule is CCCCCCC12CCC(C(=O)O)(CC1)C(c1ccc(C#N)cc1F)C2. The standard InChI is InChI=1S/C22H28FNO2/c1-2-3-4-5-8-21-9-11-22(12-10-21,20(25)26)18(14-21)17-7-6-16(15-24)13-19(17)23/h6-7,13,18H,2-5,8-12,14H2,1H3,(H,25,26). The first kappa shape index (κ1) is 18.9. The zero-order valence-electron chi connectivity index (χ0n) is 15.6. The van der Waals surface area contributed by atoms with Crippen molar-refractivity contribution in [1.82, 2.24) is 0 Å². The Labute approximate surface area is 155 Å². The van der Waals surface area contributed by atoms with Crippen molar-refractivity contribution < 1.29 is 14.3 Å². The number of carboxylic acid groups (broad SMARTS) is 1. The molecule has 1 aromatic carbocycles. The van der Waals surface area contributed by atoms with Gasteiger partial charge in [0.05, 0.1) is 17.0 Å². The van der Waals surface area contributed by atoms with E-state index in [0.717, 1.165) is 25.7 Å². The van der Waals surface area contributed by atoms with Gasteiger partial charge < -0.3 is 5.11 Å². The summed E-state index contributed by atoms with van der Waals surface area (Å²) in [7, 11) is 0.